The highest BCUT2D eigenvalue weighted by molar-refractivity contribution is 5.65. The van der Waals surface area contributed by atoms with Crippen LogP contribution in [0.3, 0.4) is 0 Å². The van der Waals surface area contributed by atoms with Gasteiger partial charge in [0.25, 0.3) is 0 Å². The Kier molecular flexibility index (Phi) is 27.9. The van der Waals surface area contributed by atoms with Crippen molar-refractivity contribution in [2.75, 3.05) is 7.11 Å². The van der Waals surface area contributed by atoms with Crippen LogP contribution in [-0.4, -0.2) is 7.11 Å². The minimum absolute atomic E-state index is 0.841. The van der Waals surface area contributed by atoms with Crippen LogP contribution >= 0.6 is 0 Å². The highest BCUT2D eigenvalue weighted by Gasteiger charge is 2.32. The molecule has 5 aromatic carbocycles. The van der Waals surface area contributed by atoms with E-state index in [0.717, 1.165) is 59.5 Å². The van der Waals surface area contributed by atoms with Crippen molar-refractivity contribution < 1.29 is 4.74 Å². The normalized spacial score (nSPS) is 23.4. The van der Waals surface area contributed by atoms with Crippen molar-refractivity contribution in [3.05, 3.63) is 149 Å². The molecule has 0 saturated heterocycles. The lowest BCUT2D eigenvalue weighted by Gasteiger charge is -2.38. The van der Waals surface area contributed by atoms with Gasteiger partial charge in [0.2, 0.25) is 0 Å². The summed E-state index contributed by atoms with van der Waals surface area (Å²) >= 11 is 0. The number of hydrogen-bond acceptors (Lipinski definition) is 1. The van der Waals surface area contributed by atoms with E-state index in [1.807, 2.05) is 12.1 Å². The molecule has 5 aromatic rings. The van der Waals surface area contributed by atoms with E-state index in [2.05, 4.69) is 158 Å². The van der Waals surface area contributed by atoms with E-state index in [0.29, 0.717) is 0 Å². The van der Waals surface area contributed by atoms with Crippen LogP contribution in [0.4, 0.5) is 0 Å². The Hall–Kier alpha value is -4.10. The fraction of sp³-hybridized carbons (Fsp3) is 0.600. The molecule has 0 amide bonds. The number of rotatable bonds is 19. The second kappa shape index (κ2) is 34.7. The SMILES string of the molecule is CCCC1CCC(C2CCC(c3ccc(C)cc3)CC2)CC1.CCCCC1CCC(C2CCC(CCC)CC2)CC1.CCCCCc1ccc(-c2ccc(C)cc2)cc1.CCCc1ccc(-c2ccc(OC)cc2)cc1. The fourth-order valence-corrected chi connectivity index (χ4v) is 14.0. The van der Waals surface area contributed by atoms with Crippen molar-refractivity contribution in [3.8, 4) is 28.0 Å². The molecule has 0 atom stereocenters. The molecule has 0 spiro atoms. The highest BCUT2D eigenvalue weighted by atomic mass is 16.5. The van der Waals surface area contributed by atoms with Gasteiger partial charge < -0.3 is 4.74 Å². The number of methoxy groups -OCH3 is 1. The van der Waals surface area contributed by atoms with E-state index in [1.54, 1.807) is 64.0 Å². The highest BCUT2D eigenvalue weighted by Crippen LogP contribution is 2.45. The molecule has 4 aliphatic carbocycles. The second-order valence-corrected chi connectivity index (χ2v) is 24.8. The topological polar surface area (TPSA) is 9.23 Å². The lowest BCUT2D eigenvalue weighted by molar-refractivity contribution is 0.140. The summed E-state index contributed by atoms with van der Waals surface area (Å²) in [6.07, 6.45) is 42.1. The summed E-state index contributed by atoms with van der Waals surface area (Å²) in [6.45, 7) is 15.8. The average molecular weight is 1030 g/mol. The largest absolute Gasteiger partial charge is 0.497 e. The first kappa shape index (κ1) is 61.1. The molecule has 0 radical (unpaired) electrons. The van der Waals surface area contributed by atoms with E-state index in [9.17, 15) is 0 Å². The maximum Gasteiger partial charge on any atom is 0.118 e. The first-order valence-electron chi connectivity index (χ1n) is 32.2. The monoisotopic (exact) mass is 1030 g/mol. The van der Waals surface area contributed by atoms with Gasteiger partial charge in [-0.1, -0.05) is 258 Å². The van der Waals surface area contributed by atoms with Gasteiger partial charge in [0.05, 0.1) is 7.11 Å². The minimum atomic E-state index is 0.841. The van der Waals surface area contributed by atoms with E-state index in [1.165, 1.54) is 173 Å². The van der Waals surface area contributed by atoms with Gasteiger partial charge in [-0.15, -0.1) is 0 Å². The predicted octanol–water partition coefficient (Wildman–Crippen LogP) is 23.2. The summed E-state index contributed by atoms with van der Waals surface area (Å²) in [5.74, 6) is 9.31. The van der Waals surface area contributed by atoms with Crippen LogP contribution in [-0.2, 0) is 12.8 Å². The molecular weight excluding hydrogens is 917 g/mol. The van der Waals surface area contributed by atoms with Crippen LogP contribution in [0.15, 0.2) is 121 Å². The summed E-state index contributed by atoms with van der Waals surface area (Å²) in [5.41, 5.74) is 12.3. The Morgan fingerprint density at radius 2 is 0.684 bits per heavy atom. The number of aryl methyl sites for hydroxylation is 4. The first-order chi connectivity index (χ1) is 37.2. The zero-order chi connectivity index (χ0) is 53.7. The fourth-order valence-electron chi connectivity index (χ4n) is 14.0. The van der Waals surface area contributed by atoms with Crippen LogP contribution in [0, 0.1) is 55.3 Å². The molecule has 0 heterocycles. The predicted molar refractivity (Wildman–Crippen MR) is 334 cm³/mol. The lowest BCUT2D eigenvalue weighted by Crippen LogP contribution is -2.25. The van der Waals surface area contributed by atoms with Crippen molar-refractivity contribution in [3.63, 3.8) is 0 Å². The third kappa shape index (κ3) is 20.9. The van der Waals surface area contributed by atoms with E-state index in [4.69, 9.17) is 4.74 Å². The number of benzene rings is 5. The van der Waals surface area contributed by atoms with Gasteiger partial charge in [0.1, 0.15) is 5.75 Å². The zero-order valence-corrected chi connectivity index (χ0v) is 50.1. The molecule has 0 bridgehead atoms. The van der Waals surface area contributed by atoms with Crippen molar-refractivity contribution in [1.29, 1.82) is 0 Å². The van der Waals surface area contributed by atoms with Crippen molar-refractivity contribution in [1.82, 2.24) is 0 Å². The molecule has 416 valence electrons. The Morgan fingerprint density at radius 3 is 1.07 bits per heavy atom. The van der Waals surface area contributed by atoms with Crippen LogP contribution in [0.25, 0.3) is 22.3 Å². The molecule has 9 rings (SSSR count). The smallest absolute Gasteiger partial charge is 0.118 e. The lowest BCUT2D eigenvalue weighted by atomic mass is 9.68. The molecule has 76 heavy (non-hydrogen) atoms. The van der Waals surface area contributed by atoms with Gasteiger partial charge in [-0.25, -0.2) is 0 Å². The van der Waals surface area contributed by atoms with Gasteiger partial charge in [0, 0.05) is 0 Å². The molecule has 0 aromatic heterocycles. The quantitative estimate of drug-likeness (QED) is 0.0749. The minimum Gasteiger partial charge on any atom is -0.497 e. The number of ether oxygens (including phenoxy) is 1. The summed E-state index contributed by atoms with van der Waals surface area (Å²) in [4.78, 5) is 0. The summed E-state index contributed by atoms with van der Waals surface area (Å²) in [7, 11) is 1.69. The van der Waals surface area contributed by atoms with Crippen LogP contribution in [0.5, 0.6) is 5.75 Å². The van der Waals surface area contributed by atoms with Gasteiger partial charge in [-0.05, 0) is 196 Å². The maximum atomic E-state index is 5.16. The van der Waals surface area contributed by atoms with E-state index < -0.39 is 0 Å². The third-order valence-corrected chi connectivity index (χ3v) is 19.0. The van der Waals surface area contributed by atoms with E-state index in [-0.39, 0.29) is 0 Å². The molecule has 1 nitrogen and oxygen atoms in total. The third-order valence-electron chi connectivity index (χ3n) is 19.0. The maximum absolute atomic E-state index is 5.16. The van der Waals surface area contributed by atoms with Crippen molar-refractivity contribution in [2.45, 2.75) is 241 Å². The molecule has 1 heteroatoms. The van der Waals surface area contributed by atoms with E-state index >= 15 is 0 Å². The Bertz CT molecular complexity index is 2200. The second-order valence-electron chi connectivity index (χ2n) is 24.8. The molecule has 4 saturated carbocycles. The summed E-state index contributed by atoms with van der Waals surface area (Å²) in [5, 5.41) is 0. The molecule has 4 aliphatic rings. The zero-order valence-electron chi connectivity index (χ0n) is 50.1. The average Bonchev–Trinajstić information content (AvgIpc) is 3.47. The molecule has 0 unspecified atom stereocenters. The van der Waals surface area contributed by atoms with Gasteiger partial charge >= 0.3 is 0 Å². The Labute approximate surface area is 468 Å². The number of unbranched alkanes of at least 4 members (excludes halogenated alkanes) is 3. The Balaban J connectivity index is 0.000000165. The van der Waals surface area contributed by atoms with Gasteiger partial charge in [-0.2, -0.15) is 0 Å². The van der Waals surface area contributed by atoms with Gasteiger partial charge in [0.15, 0.2) is 0 Å². The van der Waals surface area contributed by atoms with Crippen LogP contribution in [0.1, 0.15) is 242 Å². The molecule has 0 N–H and O–H groups in total. The summed E-state index contributed by atoms with van der Waals surface area (Å²) < 4.78 is 5.16. The van der Waals surface area contributed by atoms with Crippen LogP contribution < -0.4 is 4.74 Å². The molecule has 4 fully saturated rings. The summed E-state index contributed by atoms with van der Waals surface area (Å²) in [6, 6.07) is 44.0. The Morgan fingerprint density at radius 1 is 0.329 bits per heavy atom. The standard InChI is InChI=1S/C22H34.C19H36.C18H22.C16H18O/c1-3-4-18-7-11-20(12-8-18)22-15-13-21(14-16-22)19-9-5-17(2)6-10-19;1-3-5-7-17-10-14-19(15-11-17)18-12-8-16(6-4-2)9-13-18;1-3-4-5-6-16-9-13-18(14-10-16)17-11-7-15(2)8-12-17;1-3-4-13-5-7-14(8-6-13)15-9-11-16(17-2)12-10-15/h5-6,9-10,18,20-22H,3-4,7-8,11-16H2,1-2H3;16-19H,3-15H2,1-2H3;7-14H,3-6H2,1-2H3;5-12H,3-4H2,1-2H3. The first-order valence-corrected chi connectivity index (χ1v) is 32.2. The van der Waals surface area contributed by atoms with Crippen molar-refractivity contribution in [2.24, 2.45) is 41.4 Å². The van der Waals surface area contributed by atoms with Crippen LogP contribution in [0.2, 0.25) is 0 Å². The molecular formula is C75H110O. The van der Waals surface area contributed by atoms with Gasteiger partial charge in [-0.3, -0.25) is 0 Å². The molecule has 0 aliphatic heterocycles. The van der Waals surface area contributed by atoms with Crippen molar-refractivity contribution >= 4 is 0 Å². The number of hydrogen-bond donors (Lipinski definition) is 0.